The largest absolute Gasteiger partial charge is 0.300 e. The molecule has 1 fully saturated rings. The number of para-hydroxylation sites is 1. The number of benzene rings is 3. The van der Waals surface area contributed by atoms with Gasteiger partial charge in [-0.25, -0.2) is 0 Å². The molecule has 1 aliphatic carbocycles. The SMILES string of the molecule is CC1=NN(c2ccccc2)C(=O)[C@]12[C@H](c1ccc(C)cc1)CC(=O)C[C@H]2c1ccccc1Cl. The van der Waals surface area contributed by atoms with E-state index in [2.05, 4.69) is 0 Å². The summed E-state index contributed by atoms with van der Waals surface area (Å²) in [6.07, 6.45) is 0.554. The molecular formula is C28H25ClN2O2. The number of carbonyl (C=O) groups excluding carboxylic acids is 2. The molecule has 4 nitrogen and oxygen atoms in total. The lowest BCUT2D eigenvalue weighted by Gasteiger charge is -2.46. The first-order chi connectivity index (χ1) is 15.9. The molecule has 0 unspecified atom stereocenters. The van der Waals surface area contributed by atoms with E-state index in [9.17, 15) is 9.59 Å². The molecule has 1 heterocycles. The van der Waals surface area contributed by atoms with E-state index in [1.807, 2.05) is 92.7 Å². The summed E-state index contributed by atoms with van der Waals surface area (Å²) in [6, 6.07) is 25.2. The smallest absolute Gasteiger partial charge is 0.260 e. The molecule has 1 spiro atoms. The van der Waals surface area contributed by atoms with Gasteiger partial charge in [-0.05, 0) is 43.2 Å². The number of nitrogens with zero attached hydrogens (tertiary/aromatic N) is 2. The molecule has 1 aliphatic heterocycles. The molecule has 1 amide bonds. The molecular weight excluding hydrogens is 432 g/mol. The van der Waals surface area contributed by atoms with Crippen LogP contribution in [0.3, 0.4) is 0 Å². The van der Waals surface area contributed by atoms with Gasteiger partial charge in [0.05, 0.1) is 11.4 Å². The number of halogens is 1. The first-order valence-corrected chi connectivity index (χ1v) is 11.6. The summed E-state index contributed by atoms with van der Waals surface area (Å²) < 4.78 is 0. The Morgan fingerprint density at radius 2 is 1.48 bits per heavy atom. The van der Waals surface area contributed by atoms with E-state index >= 15 is 0 Å². The molecule has 0 radical (unpaired) electrons. The number of carbonyl (C=O) groups is 2. The van der Waals surface area contributed by atoms with Crippen LogP contribution in [-0.2, 0) is 9.59 Å². The lowest BCUT2D eigenvalue weighted by molar-refractivity contribution is -0.131. The molecule has 0 N–H and O–H groups in total. The van der Waals surface area contributed by atoms with Crippen molar-refractivity contribution in [2.45, 2.75) is 38.5 Å². The standard InChI is InChI=1S/C28H25ClN2O2/c1-18-12-14-20(15-13-18)24-16-22(32)17-25(23-10-6-7-11-26(23)29)28(24)19(2)30-31(27(28)33)21-8-4-3-5-9-21/h3-15,24-25H,16-17H2,1-2H3/t24-,25-,28-/m0/s1. The van der Waals surface area contributed by atoms with Crippen molar-refractivity contribution < 1.29 is 9.59 Å². The highest BCUT2D eigenvalue weighted by atomic mass is 35.5. The van der Waals surface area contributed by atoms with Crippen molar-refractivity contribution in [2.24, 2.45) is 10.5 Å². The third-order valence-corrected chi connectivity index (χ3v) is 7.46. The first-order valence-electron chi connectivity index (χ1n) is 11.2. The normalized spacial score (nSPS) is 24.9. The van der Waals surface area contributed by atoms with Crippen LogP contribution in [0, 0.1) is 12.3 Å². The van der Waals surface area contributed by atoms with Gasteiger partial charge in [0.25, 0.3) is 5.91 Å². The Bertz CT molecular complexity index is 1250. The minimum absolute atomic E-state index is 0.103. The van der Waals surface area contributed by atoms with Crippen LogP contribution >= 0.6 is 11.6 Å². The molecule has 5 heteroatoms. The number of anilines is 1. The van der Waals surface area contributed by atoms with Gasteiger partial charge in [-0.15, -0.1) is 0 Å². The molecule has 33 heavy (non-hydrogen) atoms. The number of Topliss-reactive ketones (excluding diaryl/α,β-unsaturated/α-hetero) is 1. The Labute approximate surface area is 198 Å². The van der Waals surface area contributed by atoms with E-state index < -0.39 is 11.3 Å². The van der Waals surface area contributed by atoms with Crippen LogP contribution in [0.5, 0.6) is 0 Å². The molecule has 166 valence electrons. The van der Waals surface area contributed by atoms with E-state index in [4.69, 9.17) is 16.7 Å². The highest BCUT2D eigenvalue weighted by Gasteiger charge is 2.62. The highest BCUT2D eigenvalue weighted by molar-refractivity contribution is 6.31. The van der Waals surface area contributed by atoms with Crippen LogP contribution in [0.4, 0.5) is 5.69 Å². The van der Waals surface area contributed by atoms with Gasteiger partial charge >= 0.3 is 0 Å². The second-order valence-electron chi connectivity index (χ2n) is 8.99. The second kappa shape index (κ2) is 8.27. The summed E-state index contributed by atoms with van der Waals surface area (Å²) in [5.41, 5.74) is 3.37. The second-order valence-corrected chi connectivity index (χ2v) is 9.40. The van der Waals surface area contributed by atoms with Crippen molar-refractivity contribution in [3.63, 3.8) is 0 Å². The van der Waals surface area contributed by atoms with Crippen LogP contribution < -0.4 is 5.01 Å². The van der Waals surface area contributed by atoms with E-state index in [1.165, 1.54) is 5.01 Å². The Kier molecular flexibility index (Phi) is 5.41. The number of rotatable bonds is 3. The third-order valence-electron chi connectivity index (χ3n) is 7.12. The van der Waals surface area contributed by atoms with Gasteiger partial charge in [0.2, 0.25) is 0 Å². The van der Waals surface area contributed by atoms with Gasteiger partial charge in [0.1, 0.15) is 11.2 Å². The van der Waals surface area contributed by atoms with Crippen LogP contribution in [0.15, 0.2) is 84.0 Å². The Hall–Kier alpha value is -3.24. The van der Waals surface area contributed by atoms with Crippen molar-refractivity contribution in [3.8, 4) is 0 Å². The predicted molar refractivity (Wildman–Crippen MR) is 132 cm³/mol. The van der Waals surface area contributed by atoms with Crippen molar-refractivity contribution in [2.75, 3.05) is 5.01 Å². The van der Waals surface area contributed by atoms with Gasteiger partial charge in [-0.3, -0.25) is 9.59 Å². The predicted octanol–water partition coefficient (Wildman–Crippen LogP) is 6.29. The van der Waals surface area contributed by atoms with Crippen molar-refractivity contribution >= 4 is 34.7 Å². The maximum Gasteiger partial charge on any atom is 0.260 e. The maximum atomic E-state index is 14.4. The lowest BCUT2D eigenvalue weighted by Crippen LogP contribution is -2.52. The summed E-state index contributed by atoms with van der Waals surface area (Å²) in [4.78, 5) is 27.5. The topological polar surface area (TPSA) is 49.7 Å². The van der Waals surface area contributed by atoms with Crippen molar-refractivity contribution in [1.29, 1.82) is 0 Å². The fourth-order valence-electron chi connectivity index (χ4n) is 5.55. The molecule has 1 saturated carbocycles. The molecule has 2 aliphatic rings. The monoisotopic (exact) mass is 456 g/mol. The number of aryl methyl sites for hydroxylation is 1. The average molecular weight is 457 g/mol. The minimum atomic E-state index is -0.996. The van der Waals surface area contributed by atoms with Crippen LogP contribution in [-0.4, -0.2) is 17.4 Å². The van der Waals surface area contributed by atoms with Crippen LogP contribution in [0.25, 0.3) is 0 Å². The van der Waals surface area contributed by atoms with Crippen molar-refractivity contribution in [3.05, 3.63) is 101 Å². The van der Waals surface area contributed by atoms with E-state index in [-0.39, 0.29) is 24.0 Å². The molecule has 0 saturated heterocycles. The zero-order chi connectivity index (χ0) is 23.2. The molecule has 3 atom stereocenters. The summed E-state index contributed by atoms with van der Waals surface area (Å²) in [5.74, 6) is -0.696. The van der Waals surface area contributed by atoms with Gasteiger partial charge in [-0.2, -0.15) is 10.1 Å². The Morgan fingerprint density at radius 3 is 2.18 bits per heavy atom. The molecule has 3 aromatic carbocycles. The van der Waals surface area contributed by atoms with Crippen molar-refractivity contribution in [1.82, 2.24) is 0 Å². The molecule has 5 rings (SSSR count). The highest BCUT2D eigenvalue weighted by Crippen LogP contribution is 2.59. The average Bonchev–Trinajstić information content (AvgIpc) is 3.08. The number of amides is 1. The first kappa shape index (κ1) is 21.6. The summed E-state index contributed by atoms with van der Waals surface area (Å²) in [6.45, 7) is 3.95. The summed E-state index contributed by atoms with van der Waals surface area (Å²) in [7, 11) is 0. The van der Waals surface area contributed by atoms with Crippen LogP contribution in [0.2, 0.25) is 5.02 Å². The fraction of sp³-hybridized carbons (Fsp3) is 0.250. The fourth-order valence-corrected chi connectivity index (χ4v) is 5.82. The molecule has 3 aromatic rings. The Morgan fingerprint density at radius 1 is 0.848 bits per heavy atom. The quantitative estimate of drug-likeness (QED) is 0.465. The third kappa shape index (κ3) is 3.41. The van der Waals surface area contributed by atoms with E-state index in [1.54, 1.807) is 0 Å². The number of ketones is 1. The van der Waals surface area contributed by atoms with Gasteiger partial charge < -0.3 is 0 Å². The summed E-state index contributed by atoms with van der Waals surface area (Å²) >= 11 is 6.65. The molecule has 0 bridgehead atoms. The lowest BCUT2D eigenvalue weighted by atomic mass is 9.54. The minimum Gasteiger partial charge on any atom is -0.300 e. The Balaban J connectivity index is 1.74. The molecule has 0 aromatic heterocycles. The zero-order valence-electron chi connectivity index (χ0n) is 18.7. The van der Waals surface area contributed by atoms with E-state index in [0.717, 1.165) is 28.1 Å². The number of hydrogen-bond donors (Lipinski definition) is 0. The summed E-state index contributed by atoms with van der Waals surface area (Å²) in [5, 5.41) is 6.86. The number of hydrazone groups is 1. The van der Waals surface area contributed by atoms with Crippen LogP contribution in [0.1, 0.15) is 48.3 Å². The van der Waals surface area contributed by atoms with E-state index in [0.29, 0.717) is 11.4 Å². The maximum absolute atomic E-state index is 14.4. The number of hydrogen-bond acceptors (Lipinski definition) is 3. The van der Waals surface area contributed by atoms with Gasteiger partial charge in [-0.1, -0.05) is 77.8 Å². The zero-order valence-corrected chi connectivity index (χ0v) is 19.4. The van der Waals surface area contributed by atoms with Gasteiger partial charge in [0.15, 0.2) is 0 Å². The van der Waals surface area contributed by atoms with Gasteiger partial charge in [0, 0.05) is 29.7 Å².